The first-order valence-corrected chi connectivity index (χ1v) is 10.5. The zero-order chi connectivity index (χ0) is 20.0. The van der Waals surface area contributed by atoms with Crippen molar-refractivity contribution < 1.29 is 9.53 Å². The quantitative estimate of drug-likeness (QED) is 0.786. The lowest BCUT2D eigenvalue weighted by Gasteiger charge is -2.42. The molecule has 0 saturated carbocycles. The van der Waals surface area contributed by atoms with Crippen molar-refractivity contribution in [3.63, 3.8) is 0 Å². The number of carbonyl (C=O) groups excluding carboxylic acids is 1. The number of benzene rings is 1. The summed E-state index contributed by atoms with van der Waals surface area (Å²) < 4.78 is 7.36. The lowest BCUT2D eigenvalue weighted by molar-refractivity contribution is -0.131. The Balaban J connectivity index is 1.45. The number of fused-ring (bicyclic) bond motifs is 4. The number of rotatable bonds is 2. The summed E-state index contributed by atoms with van der Waals surface area (Å²) in [5.74, 6) is 0.749. The molecule has 6 heteroatoms. The lowest BCUT2D eigenvalue weighted by atomic mass is 9.82. The van der Waals surface area contributed by atoms with Crippen molar-refractivity contribution in [2.75, 3.05) is 44.3 Å². The zero-order valence-electron chi connectivity index (χ0n) is 16.8. The van der Waals surface area contributed by atoms with Gasteiger partial charge in [-0.15, -0.1) is 0 Å². The second-order valence-electron chi connectivity index (χ2n) is 8.49. The first-order valence-electron chi connectivity index (χ1n) is 10.5. The number of morpholine rings is 1. The Bertz CT molecular complexity index is 976. The molecule has 29 heavy (non-hydrogen) atoms. The van der Waals surface area contributed by atoms with Crippen LogP contribution >= 0.6 is 0 Å². The summed E-state index contributed by atoms with van der Waals surface area (Å²) >= 11 is 0. The molecule has 0 spiro atoms. The minimum atomic E-state index is 0.0701. The lowest BCUT2D eigenvalue weighted by Crippen LogP contribution is -2.48. The highest BCUT2D eigenvalue weighted by molar-refractivity contribution is 5.73. The number of ether oxygens (including phenoxy) is 1. The fourth-order valence-corrected chi connectivity index (χ4v) is 5.07. The third-order valence-electron chi connectivity index (χ3n) is 6.58. The maximum absolute atomic E-state index is 12.9. The van der Waals surface area contributed by atoms with E-state index in [0.717, 1.165) is 56.1 Å². The van der Waals surface area contributed by atoms with Crippen LogP contribution in [-0.4, -0.2) is 54.8 Å². The van der Waals surface area contributed by atoms with E-state index in [4.69, 9.17) is 4.74 Å². The molecule has 3 aliphatic rings. The molecule has 4 heterocycles. The van der Waals surface area contributed by atoms with Gasteiger partial charge in [-0.2, -0.15) is 0 Å². The van der Waals surface area contributed by atoms with E-state index in [1.54, 1.807) is 13.0 Å². The molecule has 0 radical (unpaired) electrons. The van der Waals surface area contributed by atoms with Gasteiger partial charge in [-0.25, -0.2) is 0 Å². The van der Waals surface area contributed by atoms with Crippen molar-refractivity contribution in [3.8, 4) is 11.1 Å². The molecule has 6 nitrogen and oxygen atoms in total. The topological polar surface area (TPSA) is 54.8 Å². The predicted octanol–water partition coefficient (Wildman–Crippen LogP) is 2.32. The van der Waals surface area contributed by atoms with E-state index in [2.05, 4.69) is 35.2 Å². The van der Waals surface area contributed by atoms with Crippen LogP contribution in [0.5, 0.6) is 0 Å². The van der Waals surface area contributed by atoms with Gasteiger partial charge in [-0.3, -0.25) is 9.59 Å². The van der Waals surface area contributed by atoms with Crippen LogP contribution in [0.1, 0.15) is 25.0 Å². The van der Waals surface area contributed by atoms with Gasteiger partial charge in [0.25, 0.3) is 5.56 Å². The maximum atomic E-state index is 12.9. The molecule has 0 N–H and O–H groups in total. The van der Waals surface area contributed by atoms with Gasteiger partial charge in [-0.1, -0.05) is 12.1 Å². The van der Waals surface area contributed by atoms with Gasteiger partial charge in [0.05, 0.1) is 13.2 Å². The fourth-order valence-electron chi connectivity index (χ4n) is 5.07. The third-order valence-corrected chi connectivity index (χ3v) is 6.58. The van der Waals surface area contributed by atoms with Gasteiger partial charge in [0, 0.05) is 63.0 Å². The largest absolute Gasteiger partial charge is 0.378 e. The molecule has 3 aliphatic heterocycles. The standard InChI is InChI=1S/C23H27N3O3/c1-16(27)25-13-17-10-20(15-25)22-11-19(12-23(28)26(22)14-17)18-2-4-21(5-3-18)24-6-8-29-9-7-24/h2-5,11-12,17,20H,6-10,13-15H2,1H3/t17-,20+/m0/s1. The van der Waals surface area contributed by atoms with Gasteiger partial charge in [0.2, 0.25) is 5.91 Å². The summed E-state index contributed by atoms with van der Waals surface area (Å²) in [6.45, 7) is 7.19. The van der Waals surface area contributed by atoms with Crippen LogP contribution in [0, 0.1) is 5.92 Å². The van der Waals surface area contributed by atoms with E-state index in [0.29, 0.717) is 19.0 Å². The normalized spacial score (nSPS) is 23.6. The fraction of sp³-hybridized carbons (Fsp3) is 0.478. The smallest absolute Gasteiger partial charge is 0.251 e. The van der Waals surface area contributed by atoms with E-state index < -0.39 is 0 Å². The van der Waals surface area contributed by atoms with Gasteiger partial charge < -0.3 is 19.1 Å². The number of aromatic nitrogens is 1. The minimum Gasteiger partial charge on any atom is -0.378 e. The molecule has 2 bridgehead atoms. The molecule has 1 aromatic carbocycles. The highest BCUT2D eigenvalue weighted by Crippen LogP contribution is 2.36. The first-order chi connectivity index (χ1) is 14.1. The van der Waals surface area contributed by atoms with Gasteiger partial charge in [-0.05, 0) is 41.7 Å². The number of amides is 1. The summed E-state index contributed by atoms with van der Waals surface area (Å²) in [6.07, 6.45) is 1.06. The van der Waals surface area contributed by atoms with Crippen LogP contribution in [0.15, 0.2) is 41.2 Å². The third kappa shape index (κ3) is 3.46. The van der Waals surface area contributed by atoms with Crippen LogP contribution in [0.25, 0.3) is 11.1 Å². The molecule has 2 atom stereocenters. The van der Waals surface area contributed by atoms with Crippen molar-refractivity contribution in [1.82, 2.24) is 9.47 Å². The van der Waals surface area contributed by atoms with E-state index in [1.165, 1.54) is 5.69 Å². The SMILES string of the molecule is CC(=O)N1C[C@@H]2C[C@H](C1)c1cc(-c3ccc(N4CCOCC4)cc3)cc(=O)n1C2. The molecule has 0 unspecified atom stereocenters. The summed E-state index contributed by atoms with van der Waals surface area (Å²) in [7, 11) is 0. The van der Waals surface area contributed by atoms with Gasteiger partial charge in [0.15, 0.2) is 0 Å². The van der Waals surface area contributed by atoms with Gasteiger partial charge in [0.1, 0.15) is 0 Å². The Morgan fingerprint density at radius 3 is 2.48 bits per heavy atom. The summed E-state index contributed by atoms with van der Waals surface area (Å²) in [6, 6.07) is 12.4. The number of piperidine rings is 1. The van der Waals surface area contributed by atoms with Crippen molar-refractivity contribution in [2.24, 2.45) is 5.92 Å². The Labute approximate surface area is 170 Å². The average Bonchev–Trinajstić information content (AvgIpc) is 2.75. The Kier molecular flexibility index (Phi) is 4.66. The molecule has 5 rings (SSSR count). The molecule has 2 fully saturated rings. The Hall–Kier alpha value is -2.60. The molecule has 1 aromatic heterocycles. The zero-order valence-corrected chi connectivity index (χ0v) is 16.8. The van der Waals surface area contributed by atoms with Crippen LogP contribution < -0.4 is 10.5 Å². The number of pyridine rings is 1. The number of nitrogens with zero attached hydrogens (tertiary/aromatic N) is 3. The number of hydrogen-bond donors (Lipinski definition) is 0. The summed E-state index contributed by atoms with van der Waals surface area (Å²) in [4.78, 5) is 29.1. The predicted molar refractivity (Wildman–Crippen MR) is 112 cm³/mol. The van der Waals surface area contributed by atoms with Crippen molar-refractivity contribution >= 4 is 11.6 Å². The maximum Gasteiger partial charge on any atom is 0.251 e. The minimum absolute atomic E-state index is 0.0701. The molecule has 1 amide bonds. The first kappa shape index (κ1) is 18.4. The summed E-state index contributed by atoms with van der Waals surface area (Å²) in [5.41, 5.74) is 4.36. The van der Waals surface area contributed by atoms with Crippen LogP contribution in [0.2, 0.25) is 0 Å². The van der Waals surface area contributed by atoms with E-state index in [9.17, 15) is 9.59 Å². The van der Waals surface area contributed by atoms with Gasteiger partial charge >= 0.3 is 0 Å². The van der Waals surface area contributed by atoms with E-state index in [-0.39, 0.29) is 17.4 Å². The second kappa shape index (κ2) is 7.34. The van der Waals surface area contributed by atoms with Crippen molar-refractivity contribution in [2.45, 2.75) is 25.8 Å². The Morgan fingerprint density at radius 2 is 1.76 bits per heavy atom. The highest BCUT2D eigenvalue weighted by atomic mass is 16.5. The molecule has 152 valence electrons. The molecule has 2 aromatic rings. The number of carbonyl (C=O) groups is 1. The second-order valence-corrected chi connectivity index (χ2v) is 8.49. The highest BCUT2D eigenvalue weighted by Gasteiger charge is 2.35. The van der Waals surface area contributed by atoms with Crippen LogP contribution in [0.4, 0.5) is 5.69 Å². The average molecular weight is 393 g/mol. The van der Waals surface area contributed by atoms with E-state index in [1.807, 2.05) is 9.47 Å². The number of anilines is 1. The monoisotopic (exact) mass is 393 g/mol. The van der Waals surface area contributed by atoms with Crippen molar-refractivity contribution in [1.29, 1.82) is 0 Å². The Morgan fingerprint density at radius 1 is 1.00 bits per heavy atom. The number of likely N-dealkylation sites (tertiary alicyclic amines) is 1. The van der Waals surface area contributed by atoms with Crippen LogP contribution in [0.3, 0.4) is 0 Å². The molecule has 2 saturated heterocycles. The molecular weight excluding hydrogens is 366 g/mol. The van der Waals surface area contributed by atoms with E-state index >= 15 is 0 Å². The van der Waals surface area contributed by atoms with Crippen LogP contribution in [-0.2, 0) is 16.1 Å². The molecule has 0 aliphatic carbocycles. The summed E-state index contributed by atoms with van der Waals surface area (Å²) in [5, 5.41) is 0. The van der Waals surface area contributed by atoms with Crippen molar-refractivity contribution in [3.05, 3.63) is 52.4 Å². The number of hydrogen-bond acceptors (Lipinski definition) is 4. The molecular formula is C23H27N3O3.